The van der Waals surface area contributed by atoms with E-state index < -0.39 is 0 Å². The Kier molecular flexibility index (Phi) is 4.50. The number of benzene rings is 1. The molecule has 0 radical (unpaired) electrons. The predicted octanol–water partition coefficient (Wildman–Crippen LogP) is 3.70. The lowest BCUT2D eigenvalue weighted by Crippen LogP contribution is -2.15. The molecule has 0 aliphatic heterocycles. The van der Waals surface area contributed by atoms with Crippen molar-refractivity contribution < 1.29 is 4.39 Å². The largest absolute Gasteiger partial charge is 0.323 e. The summed E-state index contributed by atoms with van der Waals surface area (Å²) in [5, 5.41) is 4.47. The summed E-state index contributed by atoms with van der Waals surface area (Å²) in [6.45, 7) is 4.08. The van der Waals surface area contributed by atoms with Crippen LogP contribution in [0, 0.1) is 5.82 Å². The first-order chi connectivity index (χ1) is 8.99. The summed E-state index contributed by atoms with van der Waals surface area (Å²) in [5.41, 5.74) is 7.60. The van der Waals surface area contributed by atoms with Gasteiger partial charge < -0.3 is 5.73 Å². The van der Waals surface area contributed by atoms with Crippen molar-refractivity contribution in [2.45, 2.75) is 32.2 Å². The number of nitrogens with zero attached hydrogens (tertiary/aromatic N) is 2. The molecule has 19 heavy (non-hydrogen) atoms. The standard InChI is InChI=1S/C13H15ClFN3S/c1-7(2)12-13(19-18-17-12)11(16)5-8-3-4-9(14)6-10(8)15/h3-4,6-7,11H,5,16H2,1-2H3. The fraction of sp³-hybridized carbons (Fsp3) is 0.385. The summed E-state index contributed by atoms with van der Waals surface area (Å²) in [6, 6.07) is 4.34. The maximum Gasteiger partial charge on any atom is 0.127 e. The molecule has 0 bridgehead atoms. The van der Waals surface area contributed by atoms with Crippen molar-refractivity contribution in [3.8, 4) is 0 Å². The Labute approximate surface area is 120 Å². The zero-order valence-electron chi connectivity index (χ0n) is 10.7. The highest BCUT2D eigenvalue weighted by Gasteiger charge is 2.19. The van der Waals surface area contributed by atoms with Gasteiger partial charge in [0.2, 0.25) is 0 Å². The fourth-order valence-corrected chi connectivity index (χ4v) is 2.84. The average molecular weight is 300 g/mol. The SMILES string of the molecule is CC(C)c1nnsc1C(N)Cc1ccc(Cl)cc1F. The minimum Gasteiger partial charge on any atom is -0.323 e. The maximum absolute atomic E-state index is 13.7. The Hall–Kier alpha value is -1.04. The summed E-state index contributed by atoms with van der Waals surface area (Å²) < 4.78 is 17.7. The van der Waals surface area contributed by atoms with Crippen molar-refractivity contribution in [3.05, 3.63) is 45.2 Å². The maximum atomic E-state index is 13.7. The van der Waals surface area contributed by atoms with Gasteiger partial charge in [0.15, 0.2) is 0 Å². The van der Waals surface area contributed by atoms with Gasteiger partial charge in [0, 0.05) is 11.1 Å². The molecule has 6 heteroatoms. The molecule has 1 aromatic carbocycles. The Balaban J connectivity index is 2.21. The van der Waals surface area contributed by atoms with Gasteiger partial charge in [-0.25, -0.2) is 4.39 Å². The van der Waals surface area contributed by atoms with Crippen molar-refractivity contribution in [2.75, 3.05) is 0 Å². The molecule has 0 spiro atoms. The molecule has 0 aliphatic rings. The molecule has 2 rings (SSSR count). The van der Waals surface area contributed by atoms with Crippen LogP contribution in [0.2, 0.25) is 5.02 Å². The van der Waals surface area contributed by atoms with Gasteiger partial charge in [-0.2, -0.15) is 0 Å². The summed E-state index contributed by atoms with van der Waals surface area (Å²) in [5.74, 6) is -0.0682. The fourth-order valence-electron chi connectivity index (χ4n) is 1.88. The zero-order chi connectivity index (χ0) is 14.0. The van der Waals surface area contributed by atoms with Gasteiger partial charge in [-0.15, -0.1) is 5.10 Å². The van der Waals surface area contributed by atoms with Crippen LogP contribution in [-0.2, 0) is 6.42 Å². The Morgan fingerprint density at radius 3 is 2.79 bits per heavy atom. The van der Waals surface area contributed by atoms with Crippen molar-refractivity contribution in [3.63, 3.8) is 0 Å². The van der Waals surface area contributed by atoms with E-state index in [0.29, 0.717) is 17.0 Å². The van der Waals surface area contributed by atoms with E-state index in [1.54, 1.807) is 12.1 Å². The molecule has 1 unspecified atom stereocenters. The summed E-state index contributed by atoms with van der Waals surface area (Å²) in [4.78, 5) is 0.921. The monoisotopic (exact) mass is 299 g/mol. The van der Waals surface area contributed by atoms with Gasteiger partial charge in [-0.1, -0.05) is 36.0 Å². The lowest BCUT2D eigenvalue weighted by Gasteiger charge is -2.13. The Morgan fingerprint density at radius 1 is 1.42 bits per heavy atom. The lowest BCUT2D eigenvalue weighted by atomic mass is 10.0. The quantitative estimate of drug-likeness (QED) is 0.936. The lowest BCUT2D eigenvalue weighted by molar-refractivity contribution is 0.593. The second-order valence-electron chi connectivity index (χ2n) is 4.72. The van der Waals surface area contributed by atoms with Crippen LogP contribution in [0.1, 0.15) is 41.9 Å². The Morgan fingerprint density at radius 2 is 2.16 bits per heavy atom. The molecular weight excluding hydrogens is 285 g/mol. The van der Waals surface area contributed by atoms with E-state index in [2.05, 4.69) is 9.59 Å². The van der Waals surface area contributed by atoms with Crippen molar-refractivity contribution in [2.24, 2.45) is 5.73 Å². The molecule has 3 nitrogen and oxygen atoms in total. The summed E-state index contributed by atoms with van der Waals surface area (Å²) in [7, 11) is 0. The number of nitrogens with two attached hydrogens (primary N) is 1. The first kappa shape index (κ1) is 14.4. The topological polar surface area (TPSA) is 51.8 Å². The van der Waals surface area contributed by atoms with Crippen LogP contribution < -0.4 is 5.73 Å². The van der Waals surface area contributed by atoms with Crippen LogP contribution in [0.15, 0.2) is 18.2 Å². The van der Waals surface area contributed by atoms with Gasteiger partial charge in [0.25, 0.3) is 0 Å². The number of rotatable bonds is 4. The molecule has 1 atom stereocenters. The normalized spacial score (nSPS) is 12.9. The van der Waals surface area contributed by atoms with Crippen LogP contribution in [-0.4, -0.2) is 9.59 Å². The van der Waals surface area contributed by atoms with E-state index in [9.17, 15) is 4.39 Å². The zero-order valence-corrected chi connectivity index (χ0v) is 12.3. The highest BCUT2D eigenvalue weighted by atomic mass is 35.5. The van der Waals surface area contributed by atoms with Crippen molar-refractivity contribution in [1.29, 1.82) is 0 Å². The van der Waals surface area contributed by atoms with Crippen LogP contribution >= 0.6 is 23.1 Å². The van der Waals surface area contributed by atoms with Crippen molar-refractivity contribution in [1.82, 2.24) is 9.59 Å². The van der Waals surface area contributed by atoms with E-state index in [4.69, 9.17) is 17.3 Å². The third kappa shape index (κ3) is 3.29. The van der Waals surface area contributed by atoms with E-state index in [-0.39, 0.29) is 17.8 Å². The molecule has 1 aromatic heterocycles. The number of hydrogen-bond acceptors (Lipinski definition) is 4. The first-order valence-electron chi connectivity index (χ1n) is 6.00. The van der Waals surface area contributed by atoms with Crippen molar-refractivity contribution >= 4 is 23.1 Å². The molecule has 0 fully saturated rings. The second-order valence-corrected chi connectivity index (χ2v) is 5.95. The van der Waals surface area contributed by atoms with Gasteiger partial charge in [-0.3, -0.25) is 0 Å². The minimum absolute atomic E-state index is 0.259. The highest BCUT2D eigenvalue weighted by Crippen LogP contribution is 2.28. The smallest absolute Gasteiger partial charge is 0.127 e. The van der Waals surface area contributed by atoms with E-state index in [1.807, 2.05) is 13.8 Å². The molecule has 1 heterocycles. The third-order valence-electron chi connectivity index (χ3n) is 2.88. The number of aromatic nitrogens is 2. The van der Waals surface area contributed by atoms with Crippen LogP contribution in [0.4, 0.5) is 4.39 Å². The van der Waals surface area contributed by atoms with Gasteiger partial charge >= 0.3 is 0 Å². The molecular formula is C13H15ClFN3S. The highest BCUT2D eigenvalue weighted by molar-refractivity contribution is 7.05. The van der Waals surface area contributed by atoms with Crippen LogP contribution in [0.25, 0.3) is 0 Å². The van der Waals surface area contributed by atoms with E-state index >= 15 is 0 Å². The summed E-state index contributed by atoms with van der Waals surface area (Å²) in [6.07, 6.45) is 0.409. The second kappa shape index (κ2) is 5.94. The third-order valence-corrected chi connectivity index (χ3v) is 3.99. The van der Waals surface area contributed by atoms with Gasteiger partial charge in [-0.05, 0) is 41.6 Å². The van der Waals surface area contributed by atoms with Gasteiger partial charge in [0.05, 0.1) is 10.6 Å². The number of halogens is 2. The van der Waals surface area contributed by atoms with Crippen LogP contribution in [0.3, 0.4) is 0 Å². The molecule has 0 saturated carbocycles. The molecule has 0 aliphatic carbocycles. The predicted molar refractivity (Wildman–Crippen MR) is 76.0 cm³/mol. The molecule has 2 N–H and O–H groups in total. The molecule has 0 saturated heterocycles. The molecule has 102 valence electrons. The molecule has 2 aromatic rings. The van der Waals surface area contributed by atoms with E-state index in [1.165, 1.54) is 17.6 Å². The minimum atomic E-state index is -0.327. The van der Waals surface area contributed by atoms with Crippen LogP contribution in [0.5, 0.6) is 0 Å². The Bertz CT molecular complexity index is 571. The van der Waals surface area contributed by atoms with E-state index in [0.717, 1.165) is 10.6 Å². The number of hydrogen-bond donors (Lipinski definition) is 1. The molecule has 0 amide bonds. The summed E-state index contributed by atoms with van der Waals surface area (Å²) >= 11 is 7.01. The first-order valence-corrected chi connectivity index (χ1v) is 7.15. The van der Waals surface area contributed by atoms with Gasteiger partial charge in [0.1, 0.15) is 5.82 Å². The average Bonchev–Trinajstić information content (AvgIpc) is 2.82.